The third kappa shape index (κ3) is 3.84. The summed E-state index contributed by atoms with van der Waals surface area (Å²) in [5.74, 6) is 0.630. The van der Waals surface area contributed by atoms with E-state index in [-0.39, 0.29) is 24.2 Å². The van der Waals surface area contributed by atoms with Gasteiger partial charge in [-0.3, -0.25) is 25.0 Å². The van der Waals surface area contributed by atoms with Crippen molar-refractivity contribution in [2.24, 2.45) is 0 Å². The monoisotopic (exact) mass is 362 g/mol. The minimum atomic E-state index is -0.216. The molecule has 0 spiro atoms. The summed E-state index contributed by atoms with van der Waals surface area (Å²) in [6.07, 6.45) is 3.35. The number of H-pyrrole nitrogens is 1. The van der Waals surface area contributed by atoms with E-state index in [2.05, 4.69) is 25.5 Å². The van der Waals surface area contributed by atoms with Crippen molar-refractivity contribution < 1.29 is 9.59 Å². The Hall–Kier alpha value is -3.55. The van der Waals surface area contributed by atoms with Crippen molar-refractivity contribution >= 4 is 23.5 Å². The molecular weight excluding hydrogens is 344 g/mol. The lowest BCUT2D eigenvalue weighted by atomic mass is 10.1. The van der Waals surface area contributed by atoms with Crippen LogP contribution in [0.15, 0.2) is 48.7 Å². The van der Waals surface area contributed by atoms with Crippen LogP contribution in [-0.2, 0) is 16.0 Å². The zero-order chi connectivity index (χ0) is 18.6. The number of amides is 2. The van der Waals surface area contributed by atoms with Gasteiger partial charge in [0.05, 0.1) is 6.42 Å². The van der Waals surface area contributed by atoms with Gasteiger partial charge < -0.3 is 4.90 Å². The first-order valence-electron chi connectivity index (χ1n) is 8.72. The number of carbonyl (C=O) groups is 2. The van der Waals surface area contributed by atoms with Crippen LogP contribution in [-0.4, -0.2) is 38.5 Å². The van der Waals surface area contributed by atoms with E-state index in [0.717, 1.165) is 24.2 Å². The number of nitrogens with one attached hydrogen (secondary N) is 2. The van der Waals surface area contributed by atoms with Gasteiger partial charge in [-0.2, -0.15) is 4.98 Å². The van der Waals surface area contributed by atoms with Gasteiger partial charge >= 0.3 is 0 Å². The lowest BCUT2D eigenvalue weighted by Crippen LogP contribution is -2.23. The molecule has 1 aliphatic heterocycles. The number of hydrogen-bond acceptors (Lipinski definition) is 5. The Balaban J connectivity index is 1.37. The summed E-state index contributed by atoms with van der Waals surface area (Å²) < 4.78 is 0. The lowest BCUT2D eigenvalue weighted by Gasteiger charge is -2.15. The number of benzene rings is 1. The maximum Gasteiger partial charge on any atom is 0.249 e. The molecule has 8 nitrogen and oxygen atoms in total. The quantitative estimate of drug-likeness (QED) is 0.724. The molecule has 3 heterocycles. The fourth-order valence-electron chi connectivity index (χ4n) is 3.00. The zero-order valence-electron chi connectivity index (χ0n) is 14.6. The summed E-state index contributed by atoms with van der Waals surface area (Å²) in [6, 6.07) is 12.9. The van der Waals surface area contributed by atoms with Crippen LogP contribution in [0, 0.1) is 0 Å². The van der Waals surface area contributed by atoms with Crippen LogP contribution >= 0.6 is 0 Å². The summed E-state index contributed by atoms with van der Waals surface area (Å²) in [6.45, 7) is 0.752. The number of nitrogens with zero attached hydrogens (tertiary/aromatic N) is 4. The number of pyridine rings is 1. The number of aromatic nitrogens is 4. The molecule has 0 radical (unpaired) electrons. The first-order chi connectivity index (χ1) is 13.2. The SMILES string of the molecule is O=C(Cc1ccc(N2CCCC2=O)cc1)Nc1n[nH]c(-c2ccccn2)n1. The van der Waals surface area contributed by atoms with Crippen molar-refractivity contribution in [3.05, 3.63) is 54.2 Å². The minimum absolute atomic E-state index is 0.147. The topological polar surface area (TPSA) is 104 Å². The van der Waals surface area contributed by atoms with Crippen LogP contribution in [0.1, 0.15) is 18.4 Å². The Morgan fingerprint density at radius 1 is 1.19 bits per heavy atom. The van der Waals surface area contributed by atoms with Crippen LogP contribution < -0.4 is 10.2 Å². The number of hydrogen-bond donors (Lipinski definition) is 2. The Morgan fingerprint density at radius 3 is 2.74 bits per heavy atom. The van der Waals surface area contributed by atoms with Crippen molar-refractivity contribution in [3.63, 3.8) is 0 Å². The average molecular weight is 362 g/mol. The molecule has 1 aromatic carbocycles. The smallest absolute Gasteiger partial charge is 0.249 e. The number of carbonyl (C=O) groups excluding carboxylic acids is 2. The Labute approximate surface area is 155 Å². The second-order valence-electron chi connectivity index (χ2n) is 6.26. The van der Waals surface area contributed by atoms with Gasteiger partial charge in [0, 0.05) is 24.8 Å². The zero-order valence-corrected chi connectivity index (χ0v) is 14.6. The summed E-state index contributed by atoms with van der Waals surface area (Å²) in [7, 11) is 0. The van der Waals surface area contributed by atoms with Gasteiger partial charge in [-0.25, -0.2) is 0 Å². The third-order valence-corrected chi connectivity index (χ3v) is 4.33. The highest BCUT2D eigenvalue weighted by atomic mass is 16.2. The predicted molar refractivity (Wildman–Crippen MR) is 100.0 cm³/mol. The average Bonchev–Trinajstić information content (AvgIpc) is 3.32. The van der Waals surface area contributed by atoms with Crippen LogP contribution in [0.25, 0.3) is 11.5 Å². The molecular formula is C19H18N6O2. The maximum absolute atomic E-state index is 12.2. The van der Waals surface area contributed by atoms with Crippen LogP contribution in [0.3, 0.4) is 0 Å². The summed E-state index contributed by atoms with van der Waals surface area (Å²) >= 11 is 0. The van der Waals surface area contributed by atoms with Gasteiger partial charge in [0.25, 0.3) is 0 Å². The number of anilines is 2. The van der Waals surface area contributed by atoms with E-state index in [0.29, 0.717) is 17.9 Å². The Bertz CT molecular complexity index is 952. The van der Waals surface area contributed by atoms with Gasteiger partial charge in [-0.15, -0.1) is 5.10 Å². The highest BCUT2D eigenvalue weighted by Crippen LogP contribution is 2.21. The normalized spacial score (nSPS) is 13.8. The second kappa shape index (κ2) is 7.36. The fraction of sp³-hybridized carbons (Fsp3) is 0.211. The van der Waals surface area contributed by atoms with Gasteiger partial charge in [-0.1, -0.05) is 18.2 Å². The van der Waals surface area contributed by atoms with Crippen LogP contribution in [0.5, 0.6) is 0 Å². The van der Waals surface area contributed by atoms with Crippen molar-refractivity contribution in [2.75, 3.05) is 16.8 Å². The van der Waals surface area contributed by atoms with Crippen molar-refractivity contribution in [3.8, 4) is 11.5 Å². The number of aromatic amines is 1. The first kappa shape index (κ1) is 16.9. The molecule has 27 heavy (non-hydrogen) atoms. The molecule has 0 bridgehead atoms. The van der Waals surface area contributed by atoms with Crippen molar-refractivity contribution in [2.45, 2.75) is 19.3 Å². The van der Waals surface area contributed by atoms with E-state index in [9.17, 15) is 9.59 Å². The van der Waals surface area contributed by atoms with E-state index in [4.69, 9.17) is 0 Å². The largest absolute Gasteiger partial charge is 0.312 e. The highest BCUT2D eigenvalue weighted by Gasteiger charge is 2.21. The van der Waals surface area contributed by atoms with Crippen LogP contribution in [0.4, 0.5) is 11.6 Å². The predicted octanol–water partition coefficient (Wildman–Crippen LogP) is 2.17. The first-order valence-corrected chi connectivity index (χ1v) is 8.72. The molecule has 2 N–H and O–H groups in total. The van der Waals surface area contributed by atoms with Gasteiger partial charge in [0.15, 0.2) is 5.82 Å². The molecule has 0 unspecified atom stereocenters. The van der Waals surface area contributed by atoms with Gasteiger partial charge in [0.1, 0.15) is 5.69 Å². The Morgan fingerprint density at radius 2 is 2.04 bits per heavy atom. The van der Waals surface area contributed by atoms with E-state index in [1.54, 1.807) is 17.2 Å². The molecule has 2 aromatic heterocycles. The molecule has 8 heteroatoms. The summed E-state index contributed by atoms with van der Waals surface area (Å²) in [5.41, 5.74) is 2.37. The molecule has 1 aliphatic rings. The van der Waals surface area contributed by atoms with Crippen molar-refractivity contribution in [1.82, 2.24) is 20.2 Å². The third-order valence-electron chi connectivity index (χ3n) is 4.33. The molecule has 136 valence electrons. The maximum atomic E-state index is 12.2. The molecule has 2 amide bonds. The van der Waals surface area contributed by atoms with E-state index in [1.165, 1.54) is 0 Å². The fourth-order valence-corrected chi connectivity index (χ4v) is 3.00. The van der Waals surface area contributed by atoms with E-state index in [1.807, 2.05) is 36.4 Å². The minimum Gasteiger partial charge on any atom is -0.312 e. The molecule has 0 saturated carbocycles. The second-order valence-corrected chi connectivity index (χ2v) is 6.26. The molecule has 3 aromatic rings. The van der Waals surface area contributed by atoms with E-state index < -0.39 is 0 Å². The summed E-state index contributed by atoms with van der Waals surface area (Å²) in [4.78, 5) is 34.2. The molecule has 1 fully saturated rings. The Kier molecular flexibility index (Phi) is 4.61. The molecule has 4 rings (SSSR count). The highest BCUT2D eigenvalue weighted by molar-refractivity contribution is 5.95. The van der Waals surface area contributed by atoms with Gasteiger partial charge in [-0.05, 0) is 36.2 Å². The molecule has 0 aliphatic carbocycles. The standard InChI is InChI=1S/C19H18N6O2/c26-16(21-19-22-18(23-24-19)15-4-1-2-10-20-15)12-13-6-8-14(9-7-13)25-11-3-5-17(25)27/h1-2,4,6-10H,3,5,11-12H2,(H2,21,22,23,24,26). The molecule has 0 atom stereocenters. The van der Waals surface area contributed by atoms with E-state index >= 15 is 0 Å². The van der Waals surface area contributed by atoms with Crippen LogP contribution in [0.2, 0.25) is 0 Å². The van der Waals surface area contributed by atoms with Gasteiger partial charge in [0.2, 0.25) is 17.8 Å². The lowest BCUT2D eigenvalue weighted by molar-refractivity contribution is -0.117. The van der Waals surface area contributed by atoms with Crippen molar-refractivity contribution in [1.29, 1.82) is 0 Å². The number of rotatable bonds is 5. The summed E-state index contributed by atoms with van der Waals surface area (Å²) in [5, 5.41) is 9.43. The molecule has 1 saturated heterocycles.